The molecule has 0 radical (unpaired) electrons. The minimum Gasteiger partial charge on any atom is -0.493 e. The van der Waals surface area contributed by atoms with Crippen molar-refractivity contribution >= 4 is 40.9 Å². The van der Waals surface area contributed by atoms with Crippen molar-refractivity contribution in [2.45, 2.75) is 13.2 Å². The maximum Gasteiger partial charge on any atom is 0.266 e. The second-order valence-electron chi connectivity index (χ2n) is 8.35. The molecule has 0 spiro atoms. The van der Waals surface area contributed by atoms with Crippen LogP contribution in [-0.4, -0.2) is 13.0 Å². The fourth-order valence-electron chi connectivity index (χ4n) is 3.56. The highest BCUT2D eigenvalue weighted by molar-refractivity contribution is 6.31. The fourth-order valence-corrected chi connectivity index (χ4v) is 3.88. The summed E-state index contributed by atoms with van der Waals surface area (Å²) in [6.07, 6.45) is 1.49. The smallest absolute Gasteiger partial charge is 0.266 e. The number of ether oxygens (including phenoxy) is 3. The number of benzene rings is 4. The van der Waals surface area contributed by atoms with Crippen molar-refractivity contribution < 1.29 is 19.0 Å². The lowest BCUT2D eigenvalue weighted by molar-refractivity contribution is -0.112. The molecule has 0 unspecified atom stereocenters. The molecule has 4 aromatic carbocycles. The van der Waals surface area contributed by atoms with Gasteiger partial charge in [0.2, 0.25) is 0 Å². The first-order valence-corrected chi connectivity index (χ1v) is 12.7. The first-order valence-electron chi connectivity index (χ1n) is 11.9. The van der Waals surface area contributed by atoms with Gasteiger partial charge in [-0.15, -0.1) is 0 Å². The van der Waals surface area contributed by atoms with Crippen molar-refractivity contribution in [2.75, 3.05) is 12.4 Å². The van der Waals surface area contributed by atoms with Crippen LogP contribution in [0.1, 0.15) is 16.7 Å². The first kappa shape index (κ1) is 27.6. The zero-order valence-electron chi connectivity index (χ0n) is 21.0. The summed E-state index contributed by atoms with van der Waals surface area (Å²) in [4.78, 5) is 12.8. The minimum absolute atomic E-state index is 0.0640. The molecule has 1 N–H and O–H groups in total. The highest BCUT2D eigenvalue weighted by Crippen LogP contribution is 2.30. The maximum atomic E-state index is 12.8. The van der Waals surface area contributed by atoms with Crippen LogP contribution >= 0.6 is 23.2 Å². The van der Waals surface area contributed by atoms with Gasteiger partial charge in [-0.1, -0.05) is 59.6 Å². The Hall–Kier alpha value is -4.44. The van der Waals surface area contributed by atoms with Crippen LogP contribution < -0.4 is 19.5 Å². The molecule has 0 atom stereocenters. The summed E-state index contributed by atoms with van der Waals surface area (Å²) in [6, 6.07) is 28.8. The molecular weight excluding hydrogens is 535 g/mol. The van der Waals surface area contributed by atoms with Gasteiger partial charge < -0.3 is 19.5 Å². The lowest BCUT2D eigenvalue weighted by Crippen LogP contribution is -2.13. The number of halogens is 2. The van der Waals surface area contributed by atoms with Crippen molar-refractivity contribution in [3.8, 4) is 23.3 Å². The summed E-state index contributed by atoms with van der Waals surface area (Å²) in [7, 11) is 1.53. The Morgan fingerprint density at radius 2 is 1.64 bits per heavy atom. The Labute approximate surface area is 237 Å². The molecule has 0 saturated carbocycles. The van der Waals surface area contributed by atoms with Gasteiger partial charge in [0, 0.05) is 21.3 Å². The molecule has 0 aliphatic heterocycles. The van der Waals surface area contributed by atoms with Gasteiger partial charge in [0.1, 0.15) is 30.6 Å². The van der Waals surface area contributed by atoms with Crippen molar-refractivity contribution in [3.05, 3.63) is 123 Å². The van der Waals surface area contributed by atoms with E-state index in [0.717, 1.165) is 11.1 Å². The molecule has 4 aromatic rings. The second kappa shape index (κ2) is 13.4. The number of rotatable bonds is 10. The lowest BCUT2D eigenvalue weighted by atomic mass is 10.1. The van der Waals surface area contributed by atoms with Crippen LogP contribution in [0.15, 0.2) is 96.6 Å². The fraction of sp³-hybridized carbons (Fsp3) is 0.0968. The van der Waals surface area contributed by atoms with Crippen LogP contribution in [0.25, 0.3) is 6.08 Å². The van der Waals surface area contributed by atoms with E-state index in [9.17, 15) is 10.1 Å². The van der Waals surface area contributed by atoms with Gasteiger partial charge in [-0.25, -0.2) is 0 Å². The summed E-state index contributed by atoms with van der Waals surface area (Å²) >= 11 is 12.1. The molecule has 0 heterocycles. The van der Waals surface area contributed by atoms with Crippen LogP contribution in [0, 0.1) is 11.3 Å². The van der Waals surface area contributed by atoms with Crippen LogP contribution in [0.4, 0.5) is 5.69 Å². The third-order valence-electron chi connectivity index (χ3n) is 5.64. The number of nitriles is 1. The molecule has 0 aliphatic rings. The molecule has 196 valence electrons. The van der Waals surface area contributed by atoms with Crippen molar-refractivity contribution in [2.24, 2.45) is 0 Å². The van der Waals surface area contributed by atoms with E-state index in [0.29, 0.717) is 51.8 Å². The van der Waals surface area contributed by atoms with Gasteiger partial charge in [0.25, 0.3) is 5.91 Å². The van der Waals surface area contributed by atoms with E-state index < -0.39 is 5.91 Å². The first-order chi connectivity index (χ1) is 18.9. The third kappa shape index (κ3) is 7.78. The molecule has 0 bridgehead atoms. The number of carbonyl (C=O) groups is 1. The number of methoxy groups -OCH3 is 1. The summed E-state index contributed by atoms with van der Waals surface area (Å²) in [6.45, 7) is 0.652. The standard InChI is InChI=1S/C31H24Cl2N2O4/c1-37-30-17-22(8-15-29(30)39-19-21-6-9-25(32)10-7-21)16-24(18-34)31(36)35-26-11-13-27(14-12-26)38-20-23-4-2-3-5-28(23)33/h2-17H,19-20H2,1H3,(H,35,36)/b24-16+. The van der Waals surface area contributed by atoms with Crippen molar-refractivity contribution in [1.29, 1.82) is 5.26 Å². The molecule has 4 rings (SSSR count). The van der Waals surface area contributed by atoms with Gasteiger partial charge in [-0.05, 0) is 71.8 Å². The topological polar surface area (TPSA) is 80.6 Å². The largest absolute Gasteiger partial charge is 0.493 e. The average molecular weight is 559 g/mol. The zero-order valence-corrected chi connectivity index (χ0v) is 22.5. The van der Waals surface area contributed by atoms with Crippen LogP contribution in [0.5, 0.6) is 17.2 Å². The predicted octanol–water partition coefficient (Wildman–Crippen LogP) is 7.71. The number of hydrogen-bond donors (Lipinski definition) is 1. The average Bonchev–Trinajstić information content (AvgIpc) is 2.96. The van der Waals surface area contributed by atoms with Gasteiger partial charge >= 0.3 is 0 Å². The Morgan fingerprint density at radius 1 is 0.897 bits per heavy atom. The van der Waals surface area contributed by atoms with E-state index in [1.807, 2.05) is 36.4 Å². The van der Waals surface area contributed by atoms with Crippen molar-refractivity contribution in [1.82, 2.24) is 0 Å². The molecule has 1 amide bonds. The van der Waals surface area contributed by atoms with Crippen molar-refractivity contribution in [3.63, 3.8) is 0 Å². The molecule has 0 fully saturated rings. The molecule has 8 heteroatoms. The molecule has 0 saturated heterocycles. The van der Waals surface area contributed by atoms with Crippen LogP contribution in [0.2, 0.25) is 10.0 Å². The van der Waals surface area contributed by atoms with Gasteiger partial charge in [-0.3, -0.25) is 4.79 Å². The lowest BCUT2D eigenvalue weighted by Gasteiger charge is -2.12. The predicted molar refractivity (Wildman–Crippen MR) is 153 cm³/mol. The normalized spacial score (nSPS) is 10.9. The summed E-state index contributed by atoms with van der Waals surface area (Å²) in [5, 5.41) is 13.6. The number of nitrogens with one attached hydrogen (secondary N) is 1. The summed E-state index contributed by atoms with van der Waals surface area (Å²) in [5.74, 6) is 1.09. The number of carbonyl (C=O) groups excluding carboxylic acids is 1. The zero-order chi connectivity index (χ0) is 27.6. The SMILES string of the molecule is COc1cc(/C=C(\C#N)C(=O)Nc2ccc(OCc3ccccc3Cl)cc2)ccc1OCc1ccc(Cl)cc1. The van der Waals surface area contributed by atoms with E-state index in [1.54, 1.807) is 60.7 Å². The van der Waals surface area contributed by atoms with Crippen LogP contribution in [0.3, 0.4) is 0 Å². The van der Waals surface area contributed by atoms with E-state index >= 15 is 0 Å². The number of amides is 1. The highest BCUT2D eigenvalue weighted by atomic mass is 35.5. The summed E-state index contributed by atoms with van der Waals surface area (Å²) in [5.41, 5.74) is 2.90. The van der Waals surface area contributed by atoms with Gasteiger partial charge in [-0.2, -0.15) is 5.26 Å². The second-order valence-corrected chi connectivity index (χ2v) is 9.20. The maximum absolute atomic E-state index is 12.8. The highest BCUT2D eigenvalue weighted by Gasteiger charge is 2.12. The van der Waals surface area contributed by atoms with E-state index in [-0.39, 0.29) is 5.57 Å². The van der Waals surface area contributed by atoms with E-state index in [1.165, 1.54) is 13.2 Å². The van der Waals surface area contributed by atoms with Crippen LogP contribution in [-0.2, 0) is 18.0 Å². The van der Waals surface area contributed by atoms with E-state index in [4.69, 9.17) is 37.4 Å². The van der Waals surface area contributed by atoms with Gasteiger partial charge in [0.05, 0.1) is 7.11 Å². The Kier molecular flexibility index (Phi) is 9.47. The molecule has 0 aliphatic carbocycles. The number of anilines is 1. The molecule has 39 heavy (non-hydrogen) atoms. The number of hydrogen-bond acceptors (Lipinski definition) is 5. The monoisotopic (exact) mass is 558 g/mol. The third-order valence-corrected chi connectivity index (χ3v) is 6.26. The number of nitrogens with zero attached hydrogens (tertiary/aromatic N) is 1. The van der Waals surface area contributed by atoms with E-state index in [2.05, 4.69) is 5.32 Å². The summed E-state index contributed by atoms with van der Waals surface area (Å²) < 4.78 is 17.1. The van der Waals surface area contributed by atoms with Gasteiger partial charge in [0.15, 0.2) is 11.5 Å². The minimum atomic E-state index is -0.538. The molecular formula is C31H24Cl2N2O4. The Morgan fingerprint density at radius 3 is 2.33 bits per heavy atom. The quantitative estimate of drug-likeness (QED) is 0.159. The molecule has 0 aromatic heterocycles. The Balaban J connectivity index is 1.38. The Bertz CT molecular complexity index is 1510. The molecule has 6 nitrogen and oxygen atoms in total.